The molecule has 1 aromatic carbocycles. The molecule has 1 N–H and O–H groups in total. The highest BCUT2D eigenvalue weighted by Crippen LogP contribution is 2.45. The Kier molecular flexibility index (Phi) is 7.20. The number of carbonyl (C=O) groups is 2. The lowest BCUT2D eigenvalue weighted by Crippen LogP contribution is -2.39. The standard InChI is InChI=1S/C23H28FN3O3S/c1-6-14(4)25-19(28)11-16-12-31-23-26-15(5)20(22(29)30-13(2)3)21(27(16)23)17-9-7-8-10-18(17)24/h7-10,12-14,21H,6,11H2,1-5H3,(H,25,28)/t14-,21-/m1/s1. The van der Waals surface area contributed by atoms with Crippen molar-refractivity contribution in [2.45, 2.75) is 65.6 Å². The number of nitrogens with one attached hydrogen (secondary N) is 1. The molecule has 0 saturated heterocycles. The Hall–Kier alpha value is -2.61. The van der Waals surface area contributed by atoms with Crippen LogP contribution >= 0.6 is 11.8 Å². The highest BCUT2D eigenvalue weighted by Gasteiger charge is 2.42. The molecule has 2 aliphatic heterocycles. The van der Waals surface area contributed by atoms with Crippen molar-refractivity contribution in [3.63, 3.8) is 0 Å². The van der Waals surface area contributed by atoms with Gasteiger partial charge in [0.15, 0.2) is 5.17 Å². The van der Waals surface area contributed by atoms with Crippen LogP contribution in [0.5, 0.6) is 0 Å². The number of fused-ring (bicyclic) bond motifs is 1. The number of carbonyl (C=O) groups excluding carboxylic acids is 2. The van der Waals surface area contributed by atoms with Gasteiger partial charge in [-0.3, -0.25) is 4.79 Å². The van der Waals surface area contributed by atoms with E-state index in [0.717, 1.165) is 6.42 Å². The summed E-state index contributed by atoms with van der Waals surface area (Å²) in [5.41, 5.74) is 1.76. The second-order valence-corrected chi connectivity index (χ2v) is 8.76. The number of esters is 1. The zero-order valence-corrected chi connectivity index (χ0v) is 19.3. The molecule has 2 aliphatic rings. The fourth-order valence-electron chi connectivity index (χ4n) is 3.49. The molecule has 0 radical (unpaired) electrons. The molecule has 1 amide bonds. The minimum atomic E-state index is -0.766. The van der Waals surface area contributed by atoms with Crippen molar-refractivity contribution in [1.82, 2.24) is 10.2 Å². The van der Waals surface area contributed by atoms with Crippen LogP contribution in [0.25, 0.3) is 0 Å². The Morgan fingerprint density at radius 1 is 1.29 bits per heavy atom. The summed E-state index contributed by atoms with van der Waals surface area (Å²) >= 11 is 1.36. The molecule has 0 aliphatic carbocycles. The zero-order valence-electron chi connectivity index (χ0n) is 18.4. The zero-order chi connectivity index (χ0) is 22.7. The van der Waals surface area contributed by atoms with Crippen LogP contribution in [0.4, 0.5) is 4.39 Å². The predicted molar refractivity (Wildman–Crippen MR) is 121 cm³/mol. The van der Waals surface area contributed by atoms with Gasteiger partial charge in [0, 0.05) is 17.3 Å². The lowest BCUT2D eigenvalue weighted by molar-refractivity contribution is -0.143. The number of ether oxygens (including phenoxy) is 1. The van der Waals surface area contributed by atoms with Crippen LogP contribution in [0.2, 0.25) is 0 Å². The van der Waals surface area contributed by atoms with Gasteiger partial charge in [-0.2, -0.15) is 0 Å². The molecular weight excluding hydrogens is 417 g/mol. The first kappa shape index (κ1) is 23.1. The van der Waals surface area contributed by atoms with Gasteiger partial charge < -0.3 is 15.0 Å². The molecule has 0 saturated carbocycles. The minimum Gasteiger partial charge on any atom is -0.459 e. The fraction of sp³-hybridized carbons (Fsp3) is 0.435. The second kappa shape index (κ2) is 9.68. The number of amides is 1. The summed E-state index contributed by atoms with van der Waals surface area (Å²) in [4.78, 5) is 31.9. The molecule has 1 aromatic rings. The molecule has 0 unspecified atom stereocenters. The number of hydrogen-bond acceptors (Lipinski definition) is 6. The largest absolute Gasteiger partial charge is 0.459 e. The molecule has 0 bridgehead atoms. The van der Waals surface area contributed by atoms with Gasteiger partial charge in [0.2, 0.25) is 5.91 Å². The molecule has 0 fully saturated rings. The average Bonchev–Trinajstić information content (AvgIpc) is 3.08. The van der Waals surface area contributed by atoms with Gasteiger partial charge in [-0.25, -0.2) is 14.2 Å². The summed E-state index contributed by atoms with van der Waals surface area (Å²) in [6.45, 7) is 9.19. The Morgan fingerprint density at radius 2 is 2.00 bits per heavy atom. The molecule has 166 valence electrons. The molecule has 31 heavy (non-hydrogen) atoms. The Bertz CT molecular complexity index is 971. The van der Waals surface area contributed by atoms with E-state index in [0.29, 0.717) is 22.1 Å². The topological polar surface area (TPSA) is 71.0 Å². The number of aliphatic imine (C=N–C) groups is 1. The molecule has 2 heterocycles. The van der Waals surface area contributed by atoms with Crippen molar-refractivity contribution in [2.24, 2.45) is 4.99 Å². The van der Waals surface area contributed by atoms with Gasteiger partial charge in [0.1, 0.15) is 5.82 Å². The van der Waals surface area contributed by atoms with Gasteiger partial charge in [0.25, 0.3) is 0 Å². The third-order valence-corrected chi connectivity index (χ3v) is 6.01. The molecule has 2 atom stereocenters. The van der Waals surface area contributed by atoms with Crippen LogP contribution in [0.3, 0.4) is 0 Å². The normalized spacial score (nSPS) is 19.1. The van der Waals surface area contributed by atoms with Crippen LogP contribution in [0.15, 0.2) is 51.6 Å². The summed E-state index contributed by atoms with van der Waals surface area (Å²) < 4.78 is 20.4. The number of thioether (sulfide) groups is 1. The van der Waals surface area contributed by atoms with Crippen LogP contribution in [0.1, 0.15) is 59.1 Å². The van der Waals surface area contributed by atoms with Crippen molar-refractivity contribution in [3.05, 3.63) is 58.0 Å². The van der Waals surface area contributed by atoms with Crippen molar-refractivity contribution in [3.8, 4) is 0 Å². The maximum atomic E-state index is 14.9. The molecular formula is C23H28FN3O3S. The average molecular weight is 446 g/mol. The van der Waals surface area contributed by atoms with E-state index in [2.05, 4.69) is 10.3 Å². The maximum Gasteiger partial charge on any atom is 0.338 e. The lowest BCUT2D eigenvalue weighted by atomic mass is 9.93. The minimum absolute atomic E-state index is 0.0535. The first-order valence-corrected chi connectivity index (χ1v) is 11.3. The number of nitrogens with zero attached hydrogens (tertiary/aromatic N) is 2. The number of rotatable bonds is 7. The molecule has 3 rings (SSSR count). The number of hydrogen-bond donors (Lipinski definition) is 1. The first-order valence-electron chi connectivity index (χ1n) is 10.4. The summed E-state index contributed by atoms with van der Waals surface area (Å²) in [6, 6.07) is 5.64. The number of allylic oxidation sites excluding steroid dienone is 1. The van der Waals surface area contributed by atoms with E-state index in [1.165, 1.54) is 17.8 Å². The van der Waals surface area contributed by atoms with Crippen LogP contribution < -0.4 is 5.32 Å². The van der Waals surface area contributed by atoms with Crippen molar-refractivity contribution >= 4 is 28.8 Å². The third kappa shape index (κ3) is 5.01. The monoisotopic (exact) mass is 445 g/mol. The van der Waals surface area contributed by atoms with Crippen molar-refractivity contribution in [2.75, 3.05) is 0 Å². The Morgan fingerprint density at radius 3 is 2.65 bits per heavy atom. The van der Waals surface area contributed by atoms with Gasteiger partial charge in [0.05, 0.1) is 29.8 Å². The predicted octanol–water partition coefficient (Wildman–Crippen LogP) is 4.66. The first-order chi connectivity index (χ1) is 14.7. The van der Waals surface area contributed by atoms with E-state index in [1.54, 1.807) is 43.9 Å². The van der Waals surface area contributed by atoms with E-state index in [4.69, 9.17) is 4.74 Å². The summed E-state index contributed by atoms with van der Waals surface area (Å²) in [5, 5.41) is 5.40. The Balaban J connectivity index is 2.02. The summed E-state index contributed by atoms with van der Waals surface area (Å²) in [5.74, 6) is -1.10. The molecule has 8 heteroatoms. The number of amidine groups is 1. The highest BCUT2D eigenvalue weighted by atomic mass is 32.2. The van der Waals surface area contributed by atoms with Gasteiger partial charge >= 0.3 is 5.97 Å². The van der Waals surface area contributed by atoms with E-state index < -0.39 is 17.8 Å². The van der Waals surface area contributed by atoms with Gasteiger partial charge in [-0.15, -0.1) is 0 Å². The van der Waals surface area contributed by atoms with Gasteiger partial charge in [-0.05, 0) is 45.6 Å². The second-order valence-electron chi connectivity index (χ2n) is 7.92. The van der Waals surface area contributed by atoms with Crippen molar-refractivity contribution in [1.29, 1.82) is 0 Å². The van der Waals surface area contributed by atoms with Crippen LogP contribution in [-0.2, 0) is 14.3 Å². The number of benzene rings is 1. The quantitative estimate of drug-likeness (QED) is 0.618. The van der Waals surface area contributed by atoms with E-state index in [-0.39, 0.29) is 30.0 Å². The third-order valence-electron chi connectivity index (χ3n) is 5.12. The highest BCUT2D eigenvalue weighted by molar-refractivity contribution is 8.16. The van der Waals surface area contributed by atoms with Crippen LogP contribution in [-0.4, -0.2) is 34.1 Å². The molecule has 0 aromatic heterocycles. The number of halogens is 1. The van der Waals surface area contributed by atoms with E-state index in [9.17, 15) is 14.0 Å². The lowest BCUT2D eigenvalue weighted by Gasteiger charge is -2.36. The van der Waals surface area contributed by atoms with Crippen LogP contribution in [0, 0.1) is 5.82 Å². The maximum absolute atomic E-state index is 14.9. The fourth-order valence-corrected chi connectivity index (χ4v) is 4.46. The van der Waals surface area contributed by atoms with Gasteiger partial charge in [-0.1, -0.05) is 36.9 Å². The van der Waals surface area contributed by atoms with Crippen molar-refractivity contribution < 1.29 is 18.7 Å². The van der Waals surface area contributed by atoms with E-state index in [1.807, 2.05) is 19.3 Å². The van der Waals surface area contributed by atoms with E-state index >= 15 is 0 Å². The molecule has 0 spiro atoms. The molecule has 6 nitrogen and oxygen atoms in total. The SMILES string of the molecule is CC[C@@H](C)NC(=O)CC1=CSC2=NC(C)=C(C(=O)OC(C)C)[C@@H](c3ccccc3F)N12. The summed E-state index contributed by atoms with van der Waals surface area (Å²) in [6.07, 6.45) is 0.595. The smallest absolute Gasteiger partial charge is 0.338 e. The summed E-state index contributed by atoms with van der Waals surface area (Å²) in [7, 11) is 0. The Labute approximate surface area is 186 Å².